The second kappa shape index (κ2) is 12.0. The number of fused-ring (bicyclic) bond motifs is 2. The van der Waals surface area contributed by atoms with Crippen molar-refractivity contribution in [1.29, 1.82) is 0 Å². The smallest absolute Gasteiger partial charge is 0.319 e. The van der Waals surface area contributed by atoms with Crippen LogP contribution in [0.25, 0.3) is 15.6 Å². The number of aromatic nitrogens is 2. The summed E-state index contributed by atoms with van der Waals surface area (Å²) in [5.74, 6) is 0.207. The van der Waals surface area contributed by atoms with Crippen LogP contribution in [-0.2, 0) is 17.8 Å². The number of anilines is 2. The summed E-state index contributed by atoms with van der Waals surface area (Å²) in [5, 5.41) is 1.69. The molecule has 1 unspecified atom stereocenters. The number of hydrogen-bond acceptors (Lipinski definition) is 7. The van der Waals surface area contributed by atoms with Gasteiger partial charge in [0.05, 0.1) is 23.3 Å². The highest BCUT2D eigenvalue weighted by Crippen LogP contribution is 2.59. The van der Waals surface area contributed by atoms with Gasteiger partial charge in [0.25, 0.3) is 0 Å². The zero-order chi connectivity index (χ0) is 32.2. The Labute approximate surface area is 274 Å². The molecule has 2 aliphatic heterocycles. The molecule has 46 heavy (non-hydrogen) atoms. The van der Waals surface area contributed by atoms with Gasteiger partial charge in [0.2, 0.25) is 12.5 Å². The number of amides is 1. The zero-order valence-corrected chi connectivity index (χ0v) is 27.1. The van der Waals surface area contributed by atoms with Gasteiger partial charge in [-0.15, -0.1) is 0 Å². The Kier molecular flexibility index (Phi) is 8.02. The summed E-state index contributed by atoms with van der Waals surface area (Å²) >= 11 is 6.54. The standard InChI is InChI=1S/C35H39ClFN7O2/c1-5-29(45)44-18-17-43(20-23(44)19-38-2)33-24-12-16-42(27-8-6-7-22-9-10-25(37)31(36)30(22)27)21-26(24)39-34(40-33)46-28-11-13-35(14-15-35)32(28)41(3)4/h5-10,23,28,32H,1,11-21H2,3-4H3/t23?,28-,32+/m1/s1. The molecule has 1 amide bonds. The van der Waals surface area contributed by atoms with E-state index in [1.54, 1.807) is 11.0 Å². The maximum Gasteiger partial charge on any atom is 0.319 e. The molecule has 2 aliphatic carbocycles. The van der Waals surface area contributed by atoms with E-state index in [1.807, 2.05) is 18.2 Å². The molecule has 240 valence electrons. The van der Waals surface area contributed by atoms with Crippen molar-refractivity contribution in [2.45, 2.75) is 56.8 Å². The van der Waals surface area contributed by atoms with Crippen molar-refractivity contribution >= 4 is 39.8 Å². The van der Waals surface area contributed by atoms with E-state index in [1.165, 1.54) is 25.0 Å². The topological polar surface area (TPSA) is 69.4 Å². The quantitative estimate of drug-likeness (QED) is 0.254. The fourth-order valence-corrected chi connectivity index (χ4v) is 8.42. The summed E-state index contributed by atoms with van der Waals surface area (Å²) in [7, 11) is 4.26. The van der Waals surface area contributed by atoms with Gasteiger partial charge in [-0.1, -0.05) is 36.4 Å². The predicted molar refractivity (Wildman–Crippen MR) is 178 cm³/mol. The number of nitrogens with zero attached hydrogens (tertiary/aromatic N) is 7. The highest BCUT2D eigenvalue weighted by Gasteiger charge is 2.58. The highest BCUT2D eigenvalue weighted by atomic mass is 35.5. The zero-order valence-electron chi connectivity index (χ0n) is 26.4. The number of carbonyl (C=O) groups excluding carboxylic acids is 1. The molecule has 0 radical (unpaired) electrons. The Bertz CT molecular complexity index is 1740. The van der Waals surface area contributed by atoms with Gasteiger partial charge in [-0.3, -0.25) is 4.79 Å². The molecule has 3 heterocycles. The summed E-state index contributed by atoms with van der Waals surface area (Å²) < 4.78 is 21.3. The summed E-state index contributed by atoms with van der Waals surface area (Å²) in [6.07, 6.45) is 6.53. The third kappa shape index (κ3) is 5.33. The number of hydrogen-bond donors (Lipinski definition) is 0. The van der Waals surface area contributed by atoms with Crippen molar-refractivity contribution in [2.24, 2.45) is 5.41 Å². The van der Waals surface area contributed by atoms with Gasteiger partial charge < -0.3 is 29.2 Å². The minimum absolute atomic E-state index is 0.0140. The number of rotatable bonds is 7. The van der Waals surface area contributed by atoms with E-state index in [2.05, 4.69) is 40.2 Å². The summed E-state index contributed by atoms with van der Waals surface area (Å²) in [4.78, 5) is 34.8. The van der Waals surface area contributed by atoms with Gasteiger partial charge in [0, 0.05) is 42.8 Å². The maximum absolute atomic E-state index is 14.6. The fraction of sp³-hybridized carbons (Fsp3) is 0.486. The van der Waals surface area contributed by atoms with Crippen LogP contribution in [0.4, 0.5) is 15.9 Å². The van der Waals surface area contributed by atoms with Crippen LogP contribution < -0.4 is 14.5 Å². The molecule has 2 saturated carbocycles. The minimum Gasteiger partial charge on any atom is -0.458 e. The molecule has 4 aliphatic rings. The first-order valence-electron chi connectivity index (χ1n) is 16.1. The number of likely N-dealkylation sites (N-methyl/N-ethyl adjacent to an activating group) is 1. The predicted octanol–water partition coefficient (Wildman–Crippen LogP) is 5.36. The third-order valence-corrected chi connectivity index (χ3v) is 10.8. The molecule has 7 rings (SSSR count). The summed E-state index contributed by atoms with van der Waals surface area (Å²) in [6.45, 7) is 14.1. The van der Waals surface area contributed by atoms with Crippen LogP contribution in [0.5, 0.6) is 6.01 Å². The van der Waals surface area contributed by atoms with E-state index in [9.17, 15) is 9.18 Å². The lowest BCUT2D eigenvalue weighted by atomic mass is 9.99. The second-order valence-electron chi connectivity index (χ2n) is 13.3. The molecule has 2 aromatic carbocycles. The van der Waals surface area contributed by atoms with Crippen molar-refractivity contribution in [3.05, 3.63) is 76.5 Å². The number of ether oxygens (including phenoxy) is 1. The van der Waals surface area contributed by atoms with Gasteiger partial charge in [-0.05, 0) is 75.2 Å². The first-order valence-corrected chi connectivity index (χ1v) is 16.5. The molecular weight excluding hydrogens is 605 g/mol. The van der Waals surface area contributed by atoms with Gasteiger partial charge >= 0.3 is 6.01 Å². The molecule has 11 heteroatoms. The Hall–Kier alpha value is -3.94. The fourth-order valence-electron chi connectivity index (χ4n) is 8.15. The van der Waals surface area contributed by atoms with Crippen LogP contribution in [0.1, 0.15) is 36.9 Å². The molecule has 1 aromatic heterocycles. The molecule has 3 atom stereocenters. The average Bonchev–Trinajstić information content (AvgIpc) is 3.75. The van der Waals surface area contributed by atoms with Crippen molar-refractivity contribution in [2.75, 3.05) is 56.6 Å². The lowest BCUT2D eigenvalue weighted by molar-refractivity contribution is -0.128. The van der Waals surface area contributed by atoms with Gasteiger partial charge in [-0.2, -0.15) is 9.97 Å². The largest absolute Gasteiger partial charge is 0.458 e. The lowest BCUT2D eigenvalue weighted by Crippen LogP contribution is -2.56. The van der Waals surface area contributed by atoms with E-state index >= 15 is 0 Å². The summed E-state index contributed by atoms with van der Waals surface area (Å²) in [5.41, 5.74) is 3.09. The molecule has 0 N–H and O–H groups in total. The average molecular weight is 644 g/mol. The normalized spacial score (nSPS) is 23.5. The van der Waals surface area contributed by atoms with E-state index in [4.69, 9.17) is 32.9 Å². The Morgan fingerprint density at radius 3 is 2.76 bits per heavy atom. The SMILES string of the molecule is [C-]#[N+]CC1CN(c2nc(O[C@@H]3CCC4(CC4)[C@H]3N(C)C)nc3c2CCN(c2cccc4ccc(F)c(Cl)c24)C3)CCN1C(=O)C=C. The number of halogens is 2. The molecule has 1 saturated heterocycles. The number of piperazine rings is 1. The Morgan fingerprint density at radius 2 is 2.02 bits per heavy atom. The second-order valence-corrected chi connectivity index (χ2v) is 13.7. The van der Waals surface area contributed by atoms with Crippen molar-refractivity contribution in [1.82, 2.24) is 19.8 Å². The Balaban J connectivity index is 1.26. The number of benzene rings is 2. The first-order chi connectivity index (χ1) is 22.2. The van der Waals surface area contributed by atoms with E-state index < -0.39 is 5.82 Å². The van der Waals surface area contributed by atoms with Crippen molar-refractivity contribution < 1.29 is 13.9 Å². The monoisotopic (exact) mass is 643 g/mol. The summed E-state index contributed by atoms with van der Waals surface area (Å²) in [6, 6.07) is 9.45. The molecule has 3 aromatic rings. The number of carbonyl (C=O) groups is 1. The van der Waals surface area contributed by atoms with E-state index in [-0.39, 0.29) is 29.6 Å². The van der Waals surface area contributed by atoms with Crippen molar-refractivity contribution in [3.8, 4) is 6.01 Å². The molecule has 0 bridgehead atoms. The van der Waals surface area contributed by atoms with Crippen LogP contribution in [-0.4, -0.2) is 90.7 Å². The van der Waals surface area contributed by atoms with E-state index in [0.717, 1.165) is 41.0 Å². The Morgan fingerprint density at radius 1 is 1.20 bits per heavy atom. The molecule has 9 nitrogen and oxygen atoms in total. The van der Waals surface area contributed by atoms with Crippen molar-refractivity contribution in [3.63, 3.8) is 0 Å². The van der Waals surface area contributed by atoms with Gasteiger partial charge in [0.1, 0.15) is 23.8 Å². The van der Waals surface area contributed by atoms with Crippen LogP contribution in [0.15, 0.2) is 43.0 Å². The highest BCUT2D eigenvalue weighted by molar-refractivity contribution is 6.36. The van der Waals surface area contributed by atoms with Gasteiger partial charge in [-0.25, -0.2) is 11.0 Å². The third-order valence-electron chi connectivity index (χ3n) is 10.4. The van der Waals surface area contributed by atoms with Crippen LogP contribution in [0, 0.1) is 17.8 Å². The first kappa shape index (κ1) is 30.7. The maximum atomic E-state index is 14.6. The molecule has 3 fully saturated rings. The molecule has 1 spiro atoms. The molecular formula is C35H39ClFN7O2. The van der Waals surface area contributed by atoms with Gasteiger partial charge in [0.15, 0.2) is 0 Å². The van der Waals surface area contributed by atoms with Crippen LogP contribution in [0.2, 0.25) is 5.02 Å². The van der Waals surface area contributed by atoms with Crippen LogP contribution >= 0.6 is 11.6 Å². The van der Waals surface area contributed by atoms with Crippen LogP contribution in [0.3, 0.4) is 0 Å². The minimum atomic E-state index is -0.442. The van der Waals surface area contributed by atoms with E-state index in [0.29, 0.717) is 62.0 Å². The lowest BCUT2D eigenvalue weighted by Gasteiger charge is -2.41.